The molecule has 0 rings (SSSR count). The van der Waals surface area contributed by atoms with Gasteiger partial charge in [-0.1, -0.05) is 0 Å². The van der Waals surface area contributed by atoms with Crippen LogP contribution in [0.4, 0.5) is 35.1 Å². The third kappa shape index (κ3) is 4.53. The molecule has 0 saturated carbocycles. The Morgan fingerprint density at radius 2 is 1.39 bits per heavy atom. The van der Waals surface area contributed by atoms with Gasteiger partial charge in [0.15, 0.2) is 6.23 Å². The average molecular weight is 383 g/mol. The summed E-state index contributed by atoms with van der Waals surface area (Å²) in [4.78, 5) is 0. The zero-order chi connectivity index (χ0) is 18.7. The maximum absolute atomic E-state index is 13.4. The molecule has 0 saturated heterocycles. The molecule has 0 fully saturated rings. The highest BCUT2D eigenvalue weighted by Gasteiger charge is 2.77. The number of halogens is 8. The molecule has 0 aromatic rings. The van der Waals surface area contributed by atoms with E-state index >= 15 is 0 Å². The van der Waals surface area contributed by atoms with Crippen molar-refractivity contribution in [3.8, 4) is 0 Å². The molecule has 0 aromatic carbocycles. The standard InChI is InChI=1S/C9H14F8NO4P/c1-3-21-23(20,22-4-2)18-6(19)8(14,15)9(16,17)7(12,13)5(10)11/h5-6,19H,3-4H2,1-2H3,(H,18,20). The zero-order valence-corrected chi connectivity index (χ0v) is 12.6. The molecule has 0 aromatic heterocycles. The molecule has 0 bridgehead atoms. The average Bonchev–Trinajstić information content (AvgIpc) is 2.37. The first-order chi connectivity index (χ1) is 10.2. The van der Waals surface area contributed by atoms with E-state index in [1.807, 2.05) is 0 Å². The van der Waals surface area contributed by atoms with E-state index < -0.39 is 51.4 Å². The van der Waals surface area contributed by atoms with Crippen LogP contribution in [-0.4, -0.2) is 48.7 Å². The van der Waals surface area contributed by atoms with Crippen molar-refractivity contribution >= 4 is 7.75 Å². The normalized spacial score (nSPS) is 16.0. The van der Waals surface area contributed by atoms with E-state index in [9.17, 15) is 39.7 Å². The predicted octanol–water partition coefficient (Wildman–Crippen LogP) is 3.25. The summed E-state index contributed by atoms with van der Waals surface area (Å²) >= 11 is 0. The molecule has 0 heterocycles. The van der Waals surface area contributed by atoms with Crippen LogP contribution in [0.15, 0.2) is 0 Å². The van der Waals surface area contributed by atoms with E-state index in [-0.39, 0.29) is 0 Å². The number of rotatable bonds is 10. The number of aliphatic hydroxyl groups is 1. The van der Waals surface area contributed by atoms with Gasteiger partial charge in [-0.15, -0.1) is 0 Å². The van der Waals surface area contributed by atoms with Crippen LogP contribution in [0.1, 0.15) is 13.8 Å². The van der Waals surface area contributed by atoms with Gasteiger partial charge in [0.05, 0.1) is 13.2 Å². The third-order valence-electron chi connectivity index (χ3n) is 2.33. The first kappa shape index (κ1) is 22.5. The Kier molecular flexibility index (Phi) is 7.44. The fourth-order valence-electron chi connectivity index (χ4n) is 1.21. The molecule has 0 aliphatic rings. The molecule has 2 N–H and O–H groups in total. The van der Waals surface area contributed by atoms with Gasteiger partial charge in [0, 0.05) is 0 Å². The summed E-state index contributed by atoms with van der Waals surface area (Å²) in [5, 5.41) is 9.91. The van der Waals surface area contributed by atoms with Crippen LogP contribution >= 0.6 is 7.75 Å². The van der Waals surface area contributed by atoms with E-state index in [2.05, 4.69) is 9.05 Å². The molecular formula is C9H14F8NO4P. The summed E-state index contributed by atoms with van der Waals surface area (Å²) in [6.07, 6.45) is -9.06. The lowest BCUT2D eigenvalue weighted by atomic mass is 10.0. The van der Waals surface area contributed by atoms with Crippen LogP contribution in [0.5, 0.6) is 0 Å². The minimum Gasteiger partial charge on any atom is -0.372 e. The molecule has 1 atom stereocenters. The third-order valence-corrected chi connectivity index (χ3v) is 4.09. The molecule has 0 aliphatic heterocycles. The van der Waals surface area contributed by atoms with Gasteiger partial charge in [-0.3, -0.25) is 9.05 Å². The van der Waals surface area contributed by atoms with Crippen LogP contribution in [0.25, 0.3) is 0 Å². The smallest absolute Gasteiger partial charge is 0.372 e. The number of alkyl halides is 8. The van der Waals surface area contributed by atoms with Crippen molar-refractivity contribution in [1.82, 2.24) is 5.09 Å². The molecular weight excluding hydrogens is 369 g/mol. The lowest BCUT2D eigenvalue weighted by molar-refractivity contribution is -0.357. The predicted molar refractivity (Wildman–Crippen MR) is 60.8 cm³/mol. The second-order valence-electron chi connectivity index (χ2n) is 3.99. The van der Waals surface area contributed by atoms with E-state index in [0.717, 1.165) is 5.09 Å². The van der Waals surface area contributed by atoms with E-state index in [1.165, 1.54) is 13.8 Å². The molecule has 0 amide bonds. The lowest BCUT2D eigenvalue weighted by Gasteiger charge is -2.35. The van der Waals surface area contributed by atoms with Crippen molar-refractivity contribution in [2.75, 3.05) is 13.2 Å². The van der Waals surface area contributed by atoms with E-state index in [4.69, 9.17) is 5.11 Å². The molecule has 5 nitrogen and oxygen atoms in total. The van der Waals surface area contributed by atoms with E-state index in [1.54, 1.807) is 0 Å². The van der Waals surface area contributed by atoms with Gasteiger partial charge in [0.25, 0.3) is 0 Å². The quantitative estimate of drug-likeness (QED) is 0.345. The summed E-state index contributed by atoms with van der Waals surface area (Å²) in [5.41, 5.74) is 0. The van der Waals surface area contributed by atoms with Crippen LogP contribution < -0.4 is 5.09 Å². The zero-order valence-electron chi connectivity index (χ0n) is 11.7. The van der Waals surface area contributed by atoms with Crippen molar-refractivity contribution in [1.29, 1.82) is 0 Å². The van der Waals surface area contributed by atoms with Crippen LogP contribution in [0.3, 0.4) is 0 Å². The number of hydrogen-bond donors (Lipinski definition) is 2. The highest BCUT2D eigenvalue weighted by molar-refractivity contribution is 7.51. The Labute approximate surface area is 125 Å². The van der Waals surface area contributed by atoms with Gasteiger partial charge < -0.3 is 5.11 Å². The van der Waals surface area contributed by atoms with Gasteiger partial charge in [0.1, 0.15) is 0 Å². The molecule has 23 heavy (non-hydrogen) atoms. The van der Waals surface area contributed by atoms with Crippen LogP contribution in [-0.2, 0) is 13.6 Å². The number of nitrogens with one attached hydrogen (secondary N) is 1. The largest absolute Gasteiger partial charge is 0.407 e. The molecule has 0 aliphatic carbocycles. The Morgan fingerprint density at radius 1 is 1.00 bits per heavy atom. The molecule has 1 unspecified atom stereocenters. The fourth-order valence-corrected chi connectivity index (χ4v) is 2.58. The van der Waals surface area contributed by atoms with Crippen molar-refractivity contribution in [2.45, 2.75) is 44.3 Å². The summed E-state index contributed by atoms with van der Waals surface area (Å²) in [5.74, 6) is -19.2. The maximum atomic E-state index is 13.4. The van der Waals surface area contributed by atoms with Crippen LogP contribution in [0, 0.1) is 0 Å². The topological polar surface area (TPSA) is 67.8 Å². The summed E-state index contributed by atoms with van der Waals surface area (Å²) < 4.78 is 122. The van der Waals surface area contributed by atoms with Gasteiger partial charge in [-0.25, -0.2) is 13.3 Å². The first-order valence-electron chi connectivity index (χ1n) is 5.96. The minimum absolute atomic E-state index is 0.452. The Morgan fingerprint density at radius 3 is 1.70 bits per heavy atom. The van der Waals surface area contributed by atoms with E-state index in [0.29, 0.717) is 0 Å². The fraction of sp³-hybridized carbons (Fsp3) is 1.00. The number of aliphatic hydroxyl groups excluding tert-OH is 1. The summed E-state index contributed by atoms with van der Waals surface area (Å²) in [6.45, 7) is 1.48. The Balaban J connectivity index is 5.53. The molecule has 0 spiro atoms. The first-order valence-corrected chi connectivity index (χ1v) is 7.50. The van der Waals surface area contributed by atoms with Crippen LogP contribution in [0.2, 0.25) is 0 Å². The second kappa shape index (κ2) is 7.60. The summed E-state index contributed by atoms with van der Waals surface area (Å²) in [7, 11) is -4.76. The van der Waals surface area contributed by atoms with Crippen molar-refractivity contribution in [3.63, 3.8) is 0 Å². The SMILES string of the molecule is CCOP(=O)(NC(O)C(F)(F)C(F)(F)C(F)(F)C(F)F)OCC. The molecule has 14 heteroatoms. The molecule has 0 radical (unpaired) electrons. The summed E-state index contributed by atoms with van der Waals surface area (Å²) in [6, 6.07) is 0. The van der Waals surface area contributed by atoms with Gasteiger partial charge >= 0.3 is 31.9 Å². The Bertz CT molecular complexity index is 426. The molecule has 140 valence electrons. The number of hydrogen-bond acceptors (Lipinski definition) is 4. The minimum atomic E-state index is -6.66. The monoisotopic (exact) mass is 383 g/mol. The van der Waals surface area contributed by atoms with Gasteiger partial charge in [-0.2, -0.15) is 31.4 Å². The van der Waals surface area contributed by atoms with Gasteiger partial charge in [-0.05, 0) is 13.8 Å². The second-order valence-corrected chi connectivity index (χ2v) is 5.76. The van der Waals surface area contributed by atoms with Gasteiger partial charge in [0.2, 0.25) is 0 Å². The maximum Gasteiger partial charge on any atom is 0.407 e. The van der Waals surface area contributed by atoms with Crippen molar-refractivity contribution in [2.24, 2.45) is 0 Å². The van der Waals surface area contributed by atoms with Crippen molar-refractivity contribution < 1.29 is 53.8 Å². The Hall–Kier alpha value is -0.490. The highest BCUT2D eigenvalue weighted by Crippen LogP contribution is 2.52. The highest BCUT2D eigenvalue weighted by atomic mass is 31.2. The van der Waals surface area contributed by atoms with Crippen molar-refractivity contribution in [3.05, 3.63) is 0 Å². The lowest BCUT2D eigenvalue weighted by Crippen LogP contribution is -2.64.